The first-order chi connectivity index (χ1) is 13.6. The van der Waals surface area contributed by atoms with E-state index in [2.05, 4.69) is 10.3 Å². The first kappa shape index (κ1) is 18.0. The lowest BCUT2D eigenvalue weighted by atomic mass is 10.1. The molecule has 3 aromatic carbocycles. The summed E-state index contributed by atoms with van der Waals surface area (Å²) in [6.45, 7) is 1.93. The highest BCUT2D eigenvalue weighted by atomic mass is 35.5. The molecular weight excluding hydrogens is 372 g/mol. The predicted molar refractivity (Wildman–Crippen MR) is 112 cm³/mol. The van der Waals surface area contributed by atoms with Gasteiger partial charge in [0.2, 0.25) is 5.55 Å². The van der Waals surface area contributed by atoms with E-state index in [9.17, 15) is 4.79 Å². The molecule has 0 saturated heterocycles. The zero-order valence-corrected chi connectivity index (χ0v) is 15.9. The number of halogens is 1. The van der Waals surface area contributed by atoms with Gasteiger partial charge in [-0.25, -0.2) is 4.99 Å². The van der Waals surface area contributed by atoms with E-state index in [0.717, 1.165) is 10.9 Å². The summed E-state index contributed by atoms with van der Waals surface area (Å²) < 4.78 is 5.98. The lowest BCUT2D eigenvalue weighted by Crippen LogP contribution is -2.21. The Morgan fingerprint density at radius 1 is 0.964 bits per heavy atom. The largest absolute Gasteiger partial charge is 0.438 e. The highest BCUT2D eigenvalue weighted by Gasteiger charge is 2.13. The second-order valence-corrected chi connectivity index (χ2v) is 6.80. The summed E-state index contributed by atoms with van der Waals surface area (Å²) in [4.78, 5) is 17.6. The van der Waals surface area contributed by atoms with E-state index in [-0.39, 0.29) is 11.5 Å². The number of carbonyl (C=O) groups is 1. The number of carbonyl (C=O) groups excluding carboxylic acids is 1. The van der Waals surface area contributed by atoms with Crippen molar-refractivity contribution in [3.63, 3.8) is 0 Å². The maximum absolute atomic E-state index is 13.0. The average molecular weight is 389 g/mol. The second kappa shape index (κ2) is 7.71. The number of hydrogen-bond donors (Lipinski definition) is 1. The van der Waals surface area contributed by atoms with Gasteiger partial charge in [-0.2, -0.15) is 0 Å². The van der Waals surface area contributed by atoms with E-state index in [1.165, 1.54) is 0 Å². The molecule has 0 fully saturated rings. The number of fused-ring (bicyclic) bond motifs is 1. The van der Waals surface area contributed by atoms with Crippen LogP contribution in [0.2, 0.25) is 5.02 Å². The van der Waals surface area contributed by atoms with Crippen molar-refractivity contribution in [1.29, 1.82) is 0 Å². The Morgan fingerprint density at radius 3 is 2.54 bits per heavy atom. The van der Waals surface area contributed by atoms with E-state index >= 15 is 0 Å². The summed E-state index contributed by atoms with van der Waals surface area (Å²) in [5.41, 5.74) is 3.52. The molecule has 0 bridgehead atoms. The molecule has 1 heterocycles. The molecule has 1 aromatic heterocycles. The van der Waals surface area contributed by atoms with E-state index in [4.69, 9.17) is 16.0 Å². The minimum atomic E-state index is -0.292. The maximum Gasteiger partial charge on any atom is 0.261 e. The molecule has 1 N–H and O–H groups in total. The zero-order valence-electron chi connectivity index (χ0n) is 15.1. The third-order valence-corrected chi connectivity index (χ3v) is 4.56. The van der Waals surface area contributed by atoms with Gasteiger partial charge in [0.05, 0.1) is 5.69 Å². The number of benzene rings is 3. The first-order valence-electron chi connectivity index (χ1n) is 8.80. The molecule has 0 spiro atoms. The summed E-state index contributed by atoms with van der Waals surface area (Å²) in [7, 11) is 0. The quantitative estimate of drug-likeness (QED) is 0.476. The number of nitrogens with one attached hydrogen (secondary N) is 1. The normalized spacial score (nSPS) is 11.6. The Hall–Kier alpha value is -3.37. The van der Waals surface area contributed by atoms with E-state index in [1.807, 2.05) is 67.6 Å². The molecule has 5 heteroatoms. The van der Waals surface area contributed by atoms with Crippen molar-refractivity contribution < 1.29 is 9.21 Å². The number of hydrogen-bond acceptors (Lipinski definition) is 3. The minimum Gasteiger partial charge on any atom is -0.438 e. The molecule has 0 atom stereocenters. The van der Waals surface area contributed by atoms with Crippen molar-refractivity contribution in [1.82, 2.24) is 0 Å². The van der Waals surface area contributed by atoms with Crippen LogP contribution in [0.4, 0.5) is 11.4 Å². The SMILES string of the molecule is Cc1ccc(Cl)cc1N=c1oc2ccccc2cc1C(=O)Nc1ccccc1. The van der Waals surface area contributed by atoms with Crippen molar-refractivity contribution in [3.05, 3.63) is 101 Å². The summed E-state index contributed by atoms with van der Waals surface area (Å²) in [6, 6.07) is 24.0. The van der Waals surface area contributed by atoms with Gasteiger partial charge in [0, 0.05) is 16.1 Å². The van der Waals surface area contributed by atoms with Crippen molar-refractivity contribution in [2.24, 2.45) is 4.99 Å². The Morgan fingerprint density at radius 2 is 1.71 bits per heavy atom. The van der Waals surface area contributed by atoms with Gasteiger partial charge in [-0.15, -0.1) is 0 Å². The molecule has 4 nitrogen and oxygen atoms in total. The number of anilines is 1. The fourth-order valence-corrected chi connectivity index (χ4v) is 3.01. The Labute approximate surface area is 167 Å². The van der Waals surface area contributed by atoms with Crippen LogP contribution in [0.3, 0.4) is 0 Å². The molecule has 4 aromatic rings. The Kier molecular flexibility index (Phi) is 4.96. The molecule has 28 heavy (non-hydrogen) atoms. The monoisotopic (exact) mass is 388 g/mol. The standard InChI is InChI=1S/C23H17ClN2O2/c1-15-11-12-17(24)14-20(15)26-23-19(13-16-7-5-6-10-21(16)28-23)22(27)25-18-8-3-2-4-9-18/h2-14H,1H3,(H,25,27). The van der Waals surface area contributed by atoms with Crippen molar-refractivity contribution in [2.75, 3.05) is 5.32 Å². The minimum absolute atomic E-state index is 0.234. The van der Waals surface area contributed by atoms with Crippen molar-refractivity contribution in [3.8, 4) is 0 Å². The van der Waals surface area contributed by atoms with Gasteiger partial charge in [-0.1, -0.05) is 54.1 Å². The number of para-hydroxylation sites is 2. The molecular formula is C23H17ClN2O2. The Balaban J connectivity index is 1.88. The number of amides is 1. The molecule has 0 unspecified atom stereocenters. The second-order valence-electron chi connectivity index (χ2n) is 6.37. The first-order valence-corrected chi connectivity index (χ1v) is 9.18. The molecule has 0 saturated carbocycles. The Bertz CT molecular complexity index is 1230. The van der Waals surface area contributed by atoms with Crippen molar-refractivity contribution >= 4 is 39.9 Å². The van der Waals surface area contributed by atoms with Gasteiger partial charge >= 0.3 is 0 Å². The van der Waals surface area contributed by atoms with Gasteiger partial charge in [-0.05, 0) is 48.9 Å². The van der Waals surface area contributed by atoms with Gasteiger partial charge in [0.25, 0.3) is 5.91 Å². The molecule has 138 valence electrons. The molecule has 1 amide bonds. The van der Waals surface area contributed by atoms with Crippen LogP contribution in [0.15, 0.2) is 88.3 Å². The summed E-state index contributed by atoms with van der Waals surface area (Å²) in [5, 5.41) is 4.28. The molecule has 0 aliphatic carbocycles. The van der Waals surface area contributed by atoms with Crippen molar-refractivity contribution in [2.45, 2.75) is 6.92 Å². The zero-order chi connectivity index (χ0) is 19.5. The van der Waals surface area contributed by atoms with E-state index < -0.39 is 0 Å². The van der Waals surface area contributed by atoms with Crippen LogP contribution in [0.1, 0.15) is 15.9 Å². The summed E-state index contributed by atoms with van der Waals surface area (Å²) in [5.74, 6) is -0.292. The lowest BCUT2D eigenvalue weighted by molar-refractivity contribution is 0.102. The fraction of sp³-hybridized carbons (Fsp3) is 0.0435. The highest BCUT2D eigenvalue weighted by Crippen LogP contribution is 2.23. The number of nitrogens with zero attached hydrogens (tertiary/aromatic N) is 1. The summed E-state index contributed by atoms with van der Waals surface area (Å²) in [6.07, 6.45) is 0. The smallest absolute Gasteiger partial charge is 0.261 e. The van der Waals surface area contributed by atoms with Crippen LogP contribution in [-0.4, -0.2) is 5.91 Å². The maximum atomic E-state index is 13.0. The topological polar surface area (TPSA) is 54.6 Å². The van der Waals surface area contributed by atoms with Crippen LogP contribution in [0, 0.1) is 6.92 Å². The van der Waals surface area contributed by atoms with Gasteiger partial charge < -0.3 is 9.73 Å². The van der Waals surface area contributed by atoms with Crippen LogP contribution >= 0.6 is 11.6 Å². The fourth-order valence-electron chi connectivity index (χ4n) is 2.85. The molecule has 0 aliphatic rings. The van der Waals surface area contributed by atoms with E-state index in [1.54, 1.807) is 18.2 Å². The predicted octanol–water partition coefficient (Wildman–Crippen LogP) is 5.88. The molecule has 4 rings (SSSR count). The van der Waals surface area contributed by atoms with Gasteiger partial charge in [0.1, 0.15) is 11.1 Å². The molecule has 0 aliphatic heterocycles. The van der Waals surface area contributed by atoms with E-state index in [0.29, 0.717) is 27.5 Å². The third kappa shape index (κ3) is 3.82. The van der Waals surface area contributed by atoms with Crippen LogP contribution in [0.5, 0.6) is 0 Å². The highest BCUT2D eigenvalue weighted by molar-refractivity contribution is 6.30. The van der Waals surface area contributed by atoms with Crippen LogP contribution in [0.25, 0.3) is 11.0 Å². The third-order valence-electron chi connectivity index (χ3n) is 4.33. The van der Waals surface area contributed by atoms with Gasteiger partial charge in [0.15, 0.2) is 0 Å². The lowest BCUT2D eigenvalue weighted by Gasteiger charge is -2.07. The van der Waals surface area contributed by atoms with Gasteiger partial charge in [-0.3, -0.25) is 4.79 Å². The molecule has 0 radical (unpaired) electrons. The number of aryl methyl sites for hydroxylation is 1. The van der Waals surface area contributed by atoms with Crippen LogP contribution < -0.4 is 10.9 Å². The number of rotatable bonds is 3. The van der Waals surface area contributed by atoms with Crippen LogP contribution in [-0.2, 0) is 0 Å². The average Bonchev–Trinajstić information content (AvgIpc) is 2.71. The summed E-state index contributed by atoms with van der Waals surface area (Å²) >= 11 is 6.12.